The highest BCUT2D eigenvalue weighted by atomic mass is 32.2. The predicted octanol–water partition coefficient (Wildman–Crippen LogP) is 2.37. The number of nitrogens with zero attached hydrogens (tertiary/aromatic N) is 4. The van der Waals surface area contributed by atoms with E-state index in [2.05, 4.69) is 45.9 Å². The predicted molar refractivity (Wildman–Crippen MR) is 115 cm³/mol. The molecule has 0 aromatic carbocycles. The maximum Gasteiger partial charge on any atom is 0.194 e. The molecule has 0 saturated carbocycles. The standard InChI is InChI=1S/C20H35N5O2S/c1-4-21-19(22-16-20(28-5-2)6-12-26-13-7-20)25-10-8-24(9-11-25)15-18-14-17(3)27-23-18/h14H,4-13,15-16H2,1-3H3,(H,21,22). The molecule has 1 aromatic heterocycles. The molecule has 0 unspecified atom stereocenters. The first-order valence-electron chi connectivity index (χ1n) is 10.5. The highest BCUT2D eigenvalue weighted by molar-refractivity contribution is 8.00. The zero-order valence-corrected chi connectivity index (χ0v) is 18.4. The van der Waals surface area contributed by atoms with E-state index in [0.717, 1.165) is 95.0 Å². The molecular formula is C20H35N5O2S. The Balaban J connectivity index is 1.56. The van der Waals surface area contributed by atoms with Gasteiger partial charge in [-0.2, -0.15) is 11.8 Å². The third kappa shape index (κ3) is 5.87. The SMILES string of the molecule is CCNC(=NCC1(SCC)CCOCC1)N1CCN(Cc2cc(C)on2)CC1. The molecule has 0 spiro atoms. The summed E-state index contributed by atoms with van der Waals surface area (Å²) in [6.45, 7) is 14.7. The summed E-state index contributed by atoms with van der Waals surface area (Å²) in [5.41, 5.74) is 1.02. The van der Waals surface area contributed by atoms with Gasteiger partial charge in [-0.15, -0.1) is 0 Å². The average molecular weight is 410 g/mol. The minimum absolute atomic E-state index is 0.236. The molecule has 3 rings (SSSR count). The number of ether oxygens (including phenoxy) is 1. The Morgan fingerprint density at radius 2 is 2.00 bits per heavy atom. The molecule has 2 saturated heterocycles. The van der Waals surface area contributed by atoms with E-state index in [1.165, 1.54) is 0 Å². The summed E-state index contributed by atoms with van der Waals surface area (Å²) in [6, 6.07) is 2.02. The van der Waals surface area contributed by atoms with Crippen molar-refractivity contribution in [3.8, 4) is 0 Å². The van der Waals surface area contributed by atoms with Crippen molar-refractivity contribution < 1.29 is 9.26 Å². The number of rotatable bonds is 7. The number of aliphatic imine (C=N–C) groups is 1. The van der Waals surface area contributed by atoms with E-state index < -0.39 is 0 Å². The molecule has 8 heteroatoms. The van der Waals surface area contributed by atoms with Crippen LogP contribution >= 0.6 is 11.8 Å². The van der Waals surface area contributed by atoms with Crippen molar-refractivity contribution in [1.29, 1.82) is 0 Å². The Morgan fingerprint density at radius 1 is 1.25 bits per heavy atom. The van der Waals surface area contributed by atoms with Crippen LogP contribution in [-0.2, 0) is 11.3 Å². The summed E-state index contributed by atoms with van der Waals surface area (Å²) in [6.07, 6.45) is 2.19. The van der Waals surface area contributed by atoms with Crippen LogP contribution in [0.5, 0.6) is 0 Å². The number of aromatic nitrogens is 1. The summed E-state index contributed by atoms with van der Waals surface area (Å²) in [5.74, 6) is 3.07. The average Bonchev–Trinajstić information content (AvgIpc) is 3.11. The number of aryl methyl sites for hydroxylation is 1. The lowest BCUT2D eigenvalue weighted by molar-refractivity contribution is 0.0792. The van der Waals surface area contributed by atoms with Crippen molar-refractivity contribution >= 4 is 17.7 Å². The molecule has 0 atom stereocenters. The van der Waals surface area contributed by atoms with E-state index >= 15 is 0 Å². The Morgan fingerprint density at radius 3 is 2.61 bits per heavy atom. The van der Waals surface area contributed by atoms with Gasteiger partial charge < -0.3 is 19.5 Å². The molecule has 2 aliphatic rings. The van der Waals surface area contributed by atoms with Crippen LogP contribution in [0.4, 0.5) is 0 Å². The molecule has 1 N–H and O–H groups in total. The third-order valence-corrected chi connectivity index (χ3v) is 6.88. The monoisotopic (exact) mass is 409 g/mol. The number of piperazine rings is 1. The first-order valence-corrected chi connectivity index (χ1v) is 11.5. The lowest BCUT2D eigenvalue weighted by Crippen LogP contribution is -2.52. The largest absolute Gasteiger partial charge is 0.381 e. The summed E-state index contributed by atoms with van der Waals surface area (Å²) >= 11 is 2.05. The van der Waals surface area contributed by atoms with Crippen molar-refractivity contribution in [2.24, 2.45) is 4.99 Å². The molecule has 2 fully saturated rings. The van der Waals surface area contributed by atoms with Gasteiger partial charge in [-0.05, 0) is 32.4 Å². The third-order valence-electron chi connectivity index (χ3n) is 5.44. The van der Waals surface area contributed by atoms with Crippen LogP contribution < -0.4 is 5.32 Å². The second-order valence-electron chi connectivity index (χ2n) is 7.59. The molecule has 0 amide bonds. The van der Waals surface area contributed by atoms with Crippen LogP contribution in [0.15, 0.2) is 15.6 Å². The van der Waals surface area contributed by atoms with Gasteiger partial charge in [0.05, 0.1) is 12.2 Å². The number of hydrogen-bond donors (Lipinski definition) is 1. The molecule has 7 nitrogen and oxygen atoms in total. The van der Waals surface area contributed by atoms with Gasteiger partial charge in [0.1, 0.15) is 5.76 Å². The smallest absolute Gasteiger partial charge is 0.194 e. The Hall–Kier alpha value is -1.25. The maximum absolute atomic E-state index is 5.60. The summed E-state index contributed by atoms with van der Waals surface area (Å²) in [4.78, 5) is 9.91. The highest BCUT2D eigenvalue weighted by Crippen LogP contribution is 2.35. The van der Waals surface area contributed by atoms with Crippen LogP contribution in [0, 0.1) is 6.92 Å². The molecule has 3 heterocycles. The highest BCUT2D eigenvalue weighted by Gasteiger charge is 2.33. The second kappa shape index (κ2) is 10.5. The topological polar surface area (TPSA) is 66.1 Å². The first kappa shape index (κ1) is 21.5. The number of nitrogens with one attached hydrogen (secondary N) is 1. The van der Waals surface area contributed by atoms with Gasteiger partial charge in [-0.3, -0.25) is 9.89 Å². The van der Waals surface area contributed by atoms with Crippen LogP contribution in [0.25, 0.3) is 0 Å². The molecule has 1 aromatic rings. The van der Waals surface area contributed by atoms with E-state index in [-0.39, 0.29) is 4.75 Å². The Bertz CT molecular complexity index is 616. The fraction of sp³-hybridized carbons (Fsp3) is 0.800. The normalized spacial score (nSPS) is 21.1. The van der Waals surface area contributed by atoms with Crippen molar-refractivity contribution in [1.82, 2.24) is 20.3 Å². The van der Waals surface area contributed by atoms with E-state index in [9.17, 15) is 0 Å². The summed E-state index contributed by atoms with van der Waals surface area (Å²) < 4.78 is 11.0. The Kier molecular flexibility index (Phi) is 8.05. The van der Waals surface area contributed by atoms with Crippen molar-refractivity contribution in [3.63, 3.8) is 0 Å². The van der Waals surface area contributed by atoms with Gasteiger partial charge in [-0.1, -0.05) is 12.1 Å². The summed E-state index contributed by atoms with van der Waals surface area (Å²) in [7, 11) is 0. The van der Waals surface area contributed by atoms with Crippen LogP contribution in [0.1, 0.15) is 38.1 Å². The zero-order valence-electron chi connectivity index (χ0n) is 17.6. The minimum atomic E-state index is 0.236. The van der Waals surface area contributed by atoms with Crippen molar-refractivity contribution in [3.05, 3.63) is 17.5 Å². The van der Waals surface area contributed by atoms with Crippen LogP contribution in [-0.4, -0.2) is 83.9 Å². The molecule has 0 radical (unpaired) electrons. The van der Waals surface area contributed by atoms with Gasteiger partial charge in [0.25, 0.3) is 0 Å². The second-order valence-corrected chi connectivity index (χ2v) is 9.32. The number of guanidine groups is 1. The molecule has 2 aliphatic heterocycles. The van der Waals surface area contributed by atoms with Crippen LogP contribution in [0.3, 0.4) is 0 Å². The molecule has 158 valence electrons. The van der Waals surface area contributed by atoms with Crippen molar-refractivity contribution in [2.45, 2.75) is 44.9 Å². The quantitative estimate of drug-likeness (QED) is 0.548. The van der Waals surface area contributed by atoms with Crippen molar-refractivity contribution in [2.75, 3.05) is 58.2 Å². The van der Waals surface area contributed by atoms with Gasteiger partial charge in [-0.25, -0.2) is 0 Å². The van der Waals surface area contributed by atoms with E-state index in [1.807, 2.05) is 13.0 Å². The molecule has 0 aliphatic carbocycles. The van der Waals surface area contributed by atoms with E-state index in [4.69, 9.17) is 14.3 Å². The van der Waals surface area contributed by atoms with E-state index in [1.54, 1.807) is 0 Å². The lowest BCUT2D eigenvalue weighted by Gasteiger charge is -2.38. The minimum Gasteiger partial charge on any atom is -0.381 e. The summed E-state index contributed by atoms with van der Waals surface area (Å²) in [5, 5.41) is 7.63. The van der Waals surface area contributed by atoms with Crippen LogP contribution in [0.2, 0.25) is 0 Å². The molecule has 0 bridgehead atoms. The van der Waals surface area contributed by atoms with E-state index in [0.29, 0.717) is 0 Å². The molecule has 28 heavy (non-hydrogen) atoms. The first-order chi connectivity index (χ1) is 13.6. The van der Waals surface area contributed by atoms with Gasteiger partial charge in [0, 0.05) is 63.3 Å². The fourth-order valence-electron chi connectivity index (χ4n) is 3.88. The number of thioether (sulfide) groups is 1. The molecular weight excluding hydrogens is 374 g/mol. The lowest BCUT2D eigenvalue weighted by atomic mass is 9.99. The fourth-order valence-corrected chi connectivity index (χ4v) is 5.11. The van der Waals surface area contributed by atoms with Gasteiger partial charge >= 0.3 is 0 Å². The zero-order chi connectivity index (χ0) is 19.8. The Labute approximate surface area is 173 Å². The van der Waals surface area contributed by atoms with Gasteiger partial charge in [0.2, 0.25) is 0 Å². The number of hydrogen-bond acceptors (Lipinski definition) is 6. The maximum atomic E-state index is 5.60. The van der Waals surface area contributed by atoms with Gasteiger partial charge in [0.15, 0.2) is 5.96 Å².